The summed E-state index contributed by atoms with van der Waals surface area (Å²) in [5.41, 5.74) is 8.25. The van der Waals surface area contributed by atoms with Crippen LogP contribution in [-0.2, 0) is 12.0 Å². The van der Waals surface area contributed by atoms with Crippen molar-refractivity contribution in [2.45, 2.75) is 38.6 Å². The van der Waals surface area contributed by atoms with Crippen molar-refractivity contribution in [2.75, 3.05) is 0 Å². The van der Waals surface area contributed by atoms with Gasteiger partial charge >= 0.3 is 0 Å². The Hall–Kier alpha value is -1.42. The normalized spacial score (nSPS) is 17.9. The summed E-state index contributed by atoms with van der Waals surface area (Å²) in [5.74, 6) is 1.61. The summed E-state index contributed by atoms with van der Waals surface area (Å²) in [6.07, 6.45) is 5.22. The fraction of sp³-hybridized carbons (Fsp3) is 0.538. The van der Waals surface area contributed by atoms with Gasteiger partial charge in [0.05, 0.1) is 0 Å². The Labute approximate surface area is 101 Å². The number of aromatic nitrogens is 3. The van der Waals surface area contributed by atoms with E-state index in [1.165, 1.54) is 5.56 Å². The SMILES string of the molecule is CC(C)Cc1nnc2ccc(C3(N)CC3)cn12. The molecule has 4 heteroatoms. The van der Waals surface area contributed by atoms with E-state index in [0.29, 0.717) is 5.92 Å². The van der Waals surface area contributed by atoms with E-state index in [1.807, 2.05) is 6.07 Å². The molecule has 0 spiro atoms. The lowest BCUT2D eigenvalue weighted by molar-refractivity contribution is 0.614. The lowest BCUT2D eigenvalue weighted by Crippen LogP contribution is -2.19. The molecule has 90 valence electrons. The third-order valence-electron chi connectivity index (χ3n) is 3.43. The first kappa shape index (κ1) is 10.7. The maximum absolute atomic E-state index is 6.22. The van der Waals surface area contributed by atoms with Crippen LogP contribution in [0.1, 0.15) is 38.1 Å². The van der Waals surface area contributed by atoms with Crippen LogP contribution < -0.4 is 5.73 Å². The van der Waals surface area contributed by atoms with E-state index in [9.17, 15) is 0 Å². The minimum atomic E-state index is -0.0897. The topological polar surface area (TPSA) is 56.2 Å². The van der Waals surface area contributed by atoms with Gasteiger partial charge in [-0.05, 0) is 30.4 Å². The number of rotatable bonds is 3. The fourth-order valence-electron chi connectivity index (χ4n) is 2.16. The molecule has 1 aliphatic rings. The molecular formula is C13H18N4. The van der Waals surface area contributed by atoms with Crippen molar-refractivity contribution >= 4 is 5.65 Å². The van der Waals surface area contributed by atoms with E-state index in [2.05, 4.69) is 40.7 Å². The van der Waals surface area contributed by atoms with Gasteiger partial charge in [0.25, 0.3) is 0 Å². The van der Waals surface area contributed by atoms with Crippen LogP contribution in [0, 0.1) is 5.92 Å². The lowest BCUT2D eigenvalue weighted by Gasteiger charge is -2.10. The molecule has 3 rings (SSSR count). The molecule has 1 saturated carbocycles. The predicted octanol–water partition coefficient (Wildman–Crippen LogP) is 1.88. The maximum Gasteiger partial charge on any atom is 0.160 e. The second-order valence-corrected chi connectivity index (χ2v) is 5.52. The van der Waals surface area contributed by atoms with E-state index in [1.54, 1.807) is 0 Å². The highest BCUT2D eigenvalue weighted by molar-refractivity contribution is 5.42. The van der Waals surface area contributed by atoms with E-state index in [0.717, 1.165) is 30.7 Å². The van der Waals surface area contributed by atoms with E-state index in [4.69, 9.17) is 5.73 Å². The van der Waals surface area contributed by atoms with Gasteiger partial charge in [0, 0.05) is 18.2 Å². The van der Waals surface area contributed by atoms with E-state index < -0.39 is 0 Å². The van der Waals surface area contributed by atoms with Crippen LogP contribution in [0.15, 0.2) is 18.3 Å². The Bertz CT molecular complexity index is 552. The first-order valence-corrected chi connectivity index (χ1v) is 6.21. The Balaban J connectivity index is 2.06. The quantitative estimate of drug-likeness (QED) is 0.875. The van der Waals surface area contributed by atoms with Gasteiger partial charge in [0.2, 0.25) is 0 Å². The van der Waals surface area contributed by atoms with Crippen molar-refractivity contribution in [1.29, 1.82) is 0 Å². The van der Waals surface area contributed by atoms with Gasteiger partial charge in [-0.15, -0.1) is 10.2 Å². The van der Waals surface area contributed by atoms with Gasteiger partial charge in [-0.25, -0.2) is 0 Å². The van der Waals surface area contributed by atoms with Gasteiger partial charge in [0.15, 0.2) is 5.65 Å². The molecule has 0 radical (unpaired) electrons. The van der Waals surface area contributed by atoms with Crippen LogP contribution >= 0.6 is 0 Å². The largest absolute Gasteiger partial charge is 0.321 e. The van der Waals surface area contributed by atoms with Gasteiger partial charge in [-0.1, -0.05) is 19.9 Å². The average molecular weight is 230 g/mol. The zero-order valence-corrected chi connectivity index (χ0v) is 10.3. The van der Waals surface area contributed by atoms with Crippen LogP contribution in [-0.4, -0.2) is 14.6 Å². The first-order chi connectivity index (χ1) is 8.08. The van der Waals surface area contributed by atoms with Crippen molar-refractivity contribution in [3.63, 3.8) is 0 Å². The molecule has 2 N–H and O–H groups in total. The Morgan fingerprint density at radius 3 is 2.76 bits per heavy atom. The minimum absolute atomic E-state index is 0.0897. The highest BCUT2D eigenvalue weighted by Crippen LogP contribution is 2.42. The van der Waals surface area contributed by atoms with E-state index >= 15 is 0 Å². The molecule has 2 aromatic rings. The summed E-state index contributed by atoms with van der Waals surface area (Å²) in [4.78, 5) is 0. The summed E-state index contributed by atoms with van der Waals surface area (Å²) < 4.78 is 2.09. The Morgan fingerprint density at radius 2 is 2.12 bits per heavy atom. The Kier molecular flexibility index (Phi) is 2.23. The summed E-state index contributed by atoms with van der Waals surface area (Å²) in [7, 11) is 0. The molecule has 0 aliphatic heterocycles. The second kappa shape index (κ2) is 3.53. The molecule has 2 aromatic heterocycles. The monoisotopic (exact) mass is 230 g/mol. The molecule has 2 heterocycles. The molecule has 0 atom stereocenters. The van der Waals surface area contributed by atoms with Crippen LogP contribution in [0.5, 0.6) is 0 Å². The van der Waals surface area contributed by atoms with Crippen molar-refractivity contribution in [1.82, 2.24) is 14.6 Å². The highest BCUT2D eigenvalue weighted by Gasteiger charge is 2.40. The Morgan fingerprint density at radius 1 is 1.35 bits per heavy atom. The van der Waals surface area contributed by atoms with Crippen molar-refractivity contribution in [2.24, 2.45) is 11.7 Å². The summed E-state index contributed by atoms with van der Waals surface area (Å²) in [6.45, 7) is 4.38. The molecule has 4 nitrogen and oxygen atoms in total. The van der Waals surface area contributed by atoms with Crippen molar-refractivity contribution in [3.8, 4) is 0 Å². The number of pyridine rings is 1. The maximum atomic E-state index is 6.22. The molecule has 0 unspecified atom stereocenters. The number of hydrogen-bond acceptors (Lipinski definition) is 3. The van der Waals surface area contributed by atoms with Gasteiger partial charge < -0.3 is 5.73 Å². The molecule has 1 aliphatic carbocycles. The standard InChI is InChI=1S/C13H18N4/c1-9(2)7-12-16-15-11-4-3-10(8-17(11)12)13(14)5-6-13/h3-4,8-9H,5-7,14H2,1-2H3. The second-order valence-electron chi connectivity index (χ2n) is 5.52. The van der Waals surface area contributed by atoms with Crippen molar-refractivity contribution < 1.29 is 0 Å². The molecule has 0 bridgehead atoms. The molecule has 0 saturated heterocycles. The number of fused-ring (bicyclic) bond motifs is 1. The molecule has 1 fully saturated rings. The van der Waals surface area contributed by atoms with E-state index in [-0.39, 0.29) is 5.54 Å². The van der Waals surface area contributed by atoms with Crippen LogP contribution in [0.3, 0.4) is 0 Å². The number of nitrogens with zero attached hydrogens (tertiary/aromatic N) is 3. The van der Waals surface area contributed by atoms with Gasteiger partial charge in [0.1, 0.15) is 5.82 Å². The minimum Gasteiger partial charge on any atom is -0.321 e. The lowest BCUT2D eigenvalue weighted by atomic mass is 10.1. The van der Waals surface area contributed by atoms with Gasteiger partial charge in [-0.3, -0.25) is 4.40 Å². The molecule has 0 amide bonds. The molecular weight excluding hydrogens is 212 g/mol. The molecule has 17 heavy (non-hydrogen) atoms. The summed E-state index contributed by atoms with van der Waals surface area (Å²) in [5, 5.41) is 8.44. The highest BCUT2D eigenvalue weighted by atomic mass is 15.2. The first-order valence-electron chi connectivity index (χ1n) is 6.21. The summed E-state index contributed by atoms with van der Waals surface area (Å²) in [6, 6.07) is 4.09. The summed E-state index contributed by atoms with van der Waals surface area (Å²) >= 11 is 0. The third kappa shape index (κ3) is 1.82. The van der Waals surface area contributed by atoms with Crippen LogP contribution in [0.25, 0.3) is 5.65 Å². The predicted molar refractivity (Wildman–Crippen MR) is 66.6 cm³/mol. The number of nitrogens with two attached hydrogens (primary N) is 1. The third-order valence-corrected chi connectivity index (χ3v) is 3.43. The fourth-order valence-corrected chi connectivity index (χ4v) is 2.16. The zero-order chi connectivity index (χ0) is 12.0. The van der Waals surface area contributed by atoms with Crippen molar-refractivity contribution in [3.05, 3.63) is 29.7 Å². The van der Waals surface area contributed by atoms with Gasteiger partial charge in [-0.2, -0.15) is 0 Å². The zero-order valence-electron chi connectivity index (χ0n) is 10.3. The van der Waals surface area contributed by atoms with Crippen LogP contribution in [0.2, 0.25) is 0 Å². The average Bonchev–Trinajstić information content (AvgIpc) is 2.91. The molecule has 0 aromatic carbocycles. The van der Waals surface area contributed by atoms with Crippen LogP contribution in [0.4, 0.5) is 0 Å². The smallest absolute Gasteiger partial charge is 0.160 e. The number of hydrogen-bond donors (Lipinski definition) is 1.